The minimum Gasteiger partial charge on any atom is -0.352 e. The second kappa shape index (κ2) is 7.82. The van der Waals surface area contributed by atoms with E-state index < -0.39 is 4.92 Å². The third-order valence-corrected chi connectivity index (χ3v) is 5.47. The Balaban J connectivity index is 1.41. The molecule has 0 saturated carbocycles. The normalized spacial score (nSPS) is 18.7. The van der Waals surface area contributed by atoms with Crippen LogP contribution in [-0.2, 0) is 4.79 Å². The Hall–Kier alpha value is -2.48. The molecule has 1 aromatic carbocycles. The van der Waals surface area contributed by atoms with Gasteiger partial charge < -0.3 is 15.5 Å². The lowest BCUT2D eigenvalue weighted by atomic mass is 9.78. The maximum absolute atomic E-state index is 12.3. The predicted molar refractivity (Wildman–Crippen MR) is 95.8 cm³/mol. The number of nitro groups is 1. The number of amides is 2. The van der Waals surface area contributed by atoms with Crippen LogP contribution in [0.1, 0.15) is 36.0 Å². The summed E-state index contributed by atoms with van der Waals surface area (Å²) in [5.74, 6) is -0.267. The van der Waals surface area contributed by atoms with Crippen molar-refractivity contribution in [2.75, 3.05) is 32.7 Å². The zero-order valence-electron chi connectivity index (χ0n) is 14.7. The summed E-state index contributed by atoms with van der Waals surface area (Å²) in [6.45, 7) is 3.97. The molecule has 1 spiro atoms. The Morgan fingerprint density at radius 3 is 2.46 bits per heavy atom. The first-order valence-corrected chi connectivity index (χ1v) is 9.00. The van der Waals surface area contributed by atoms with Gasteiger partial charge in [-0.2, -0.15) is 0 Å². The molecule has 1 aromatic rings. The first-order chi connectivity index (χ1) is 12.5. The van der Waals surface area contributed by atoms with Crippen molar-refractivity contribution in [1.29, 1.82) is 0 Å². The molecule has 140 valence electrons. The fourth-order valence-corrected chi connectivity index (χ4v) is 3.73. The van der Waals surface area contributed by atoms with Crippen LogP contribution in [0.2, 0.25) is 0 Å². The number of nitro benzene ring substituents is 1. The van der Waals surface area contributed by atoms with Crippen molar-refractivity contribution in [2.24, 2.45) is 5.41 Å². The number of likely N-dealkylation sites (tertiary alicyclic amines) is 1. The third kappa shape index (κ3) is 4.19. The molecule has 2 fully saturated rings. The van der Waals surface area contributed by atoms with E-state index in [0.717, 1.165) is 39.0 Å². The van der Waals surface area contributed by atoms with Crippen molar-refractivity contribution in [3.63, 3.8) is 0 Å². The Kier molecular flexibility index (Phi) is 5.51. The molecular weight excluding hydrogens is 336 g/mol. The molecule has 0 unspecified atom stereocenters. The van der Waals surface area contributed by atoms with Gasteiger partial charge in [0.1, 0.15) is 0 Å². The number of rotatable bonds is 5. The second-order valence-corrected chi connectivity index (χ2v) is 7.12. The summed E-state index contributed by atoms with van der Waals surface area (Å²) in [4.78, 5) is 36.4. The van der Waals surface area contributed by atoms with E-state index in [-0.39, 0.29) is 30.5 Å². The van der Waals surface area contributed by atoms with Crippen molar-refractivity contribution in [3.8, 4) is 0 Å². The lowest BCUT2D eigenvalue weighted by Crippen LogP contribution is -2.44. The molecule has 0 aliphatic carbocycles. The van der Waals surface area contributed by atoms with Gasteiger partial charge in [0.15, 0.2) is 0 Å². The number of benzene rings is 1. The monoisotopic (exact) mass is 360 g/mol. The highest BCUT2D eigenvalue weighted by Gasteiger charge is 2.37. The number of piperidine rings is 1. The molecule has 2 heterocycles. The fourth-order valence-electron chi connectivity index (χ4n) is 3.73. The molecule has 2 N–H and O–H groups in total. The molecule has 0 radical (unpaired) electrons. The summed E-state index contributed by atoms with van der Waals surface area (Å²) < 4.78 is 0. The summed E-state index contributed by atoms with van der Waals surface area (Å²) in [5, 5.41) is 16.7. The van der Waals surface area contributed by atoms with Crippen LogP contribution in [-0.4, -0.2) is 54.4 Å². The van der Waals surface area contributed by atoms with Crippen LogP contribution in [0.3, 0.4) is 0 Å². The molecule has 2 aliphatic heterocycles. The van der Waals surface area contributed by atoms with Crippen molar-refractivity contribution in [3.05, 3.63) is 39.9 Å². The minimum absolute atomic E-state index is 0.0583. The van der Waals surface area contributed by atoms with Gasteiger partial charge in [-0.15, -0.1) is 0 Å². The first kappa shape index (κ1) is 18.3. The standard InChI is InChI=1S/C18H24N4O4/c23-16(21-11-7-18(8-12-21)6-10-19-13-18)5-9-20-17(24)14-1-3-15(4-2-14)22(25)26/h1-4,19H,5-13H2,(H,20,24). The number of nitrogens with one attached hydrogen (secondary N) is 2. The van der Waals surface area contributed by atoms with Crippen LogP contribution >= 0.6 is 0 Å². The summed E-state index contributed by atoms with van der Waals surface area (Å²) in [6, 6.07) is 5.41. The van der Waals surface area contributed by atoms with Gasteiger partial charge in [0.25, 0.3) is 11.6 Å². The van der Waals surface area contributed by atoms with Crippen LogP contribution in [0.25, 0.3) is 0 Å². The van der Waals surface area contributed by atoms with Gasteiger partial charge in [-0.05, 0) is 43.4 Å². The molecule has 8 heteroatoms. The van der Waals surface area contributed by atoms with Crippen molar-refractivity contribution < 1.29 is 14.5 Å². The molecule has 26 heavy (non-hydrogen) atoms. The number of carbonyl (C=O) groups excluding carboxylic acids is 2. The zero-order chi connectivity index (χ0) is 18.6. The van der Waals surface area contributed by atoms with E-state index in [1.807, 2.05) is 4.90 Å². The summed E-state index contributed by atoms with van der Waals surface area (Å²) in [7, 11) is 0. The first-order valence-electron chi connectivity index (χ1n) is 9.00. The highest BCUT2D eigenvalue weighted by atomic mass is 16.6. The average Bonchev–Trinajstić information content (AvgIpc) is 3.10. The van der Waals surface area contributed by atoms with Gasteiger partial charge in [0, 0.05) is 50.3 Å². The third-order valence-electron chi connectivity index (χ3n) is 5.47. The fraction of sp³-hybridized carbons (Fsp3) is 0.556. The van der Waals surface area contributed by atoms with E-state index in [4.69, 9.17) is 0 Å². The van der Waals surface area contributed by atoms with Crippen LogP contribution in [0.5, 0.6) is 0 Å². The molecule has 0 aromatic heterocycles. The van der Waals surface area contributed by atoms with E-state index in [1.165, 1.54) is 30.7 Å². The Labute approximate surface area is 152 Å². The second-order valence-electron chi connectivity index (χ2n) is 7.12. The SMILES string of the molecule is O=C(NCCC(=O)N1CCC2(CCNC2)CC1)c1ccc([N+](=O)[O-])cc1. The van der Waals surface area contributed by atoms with Crippen LogP contribution in [0.15, 0.2) is 24.3 Å². The Morgan fingerprint density at radius 2 is 1.88 bits per heavy atom. The molecule has 0 bridgehead atoms. The highest BCUT2D eigenvalue weighted by Crippen LogP contribution is 2.36. The van der Waals surface area contributed by atoms with Crippen LogP contribution in [0.4, 0.5) is 5.69 Å². The molecular formula is C18H24N4O4. The number of non-ortho nitro benzene ring substituents is 1. The Morgan fingerprint density at radius 1 is 1.19 bits per heavy atom. The highest BCUT2D eigenvalue weighted by molar-refractivity contribution is 5.94. The molecule has 8 nitrogen and oxygen atoms in total. The van der Waals surface area contributed by atoms with E-state index in [1.54, 1.807) is 0 Å². The summed E-state index contributed by atoms with van der Waals surface area (Å²) in [5.41, 5.74) is 0.662. The van der Waals surface area contributed by atoms with E-state index >= 15 is 0 Å². The van der Waals surface area contributed by atoms with Gasteiger partial charge in [0.05, 0.1) is 4.92 Å². The van der Waals surface area contributed by atoms with Crippen molar-refractivity contribution >= 4 is 17.5 Å². The molecule has 3 rings (SSSR count). The van der Waals surface area contributed by atoms with Gasteiger partial charge in [-0.3, -0.25) is 19.7 Å². The maximum atomic E-state index is 12.3. The topological polar surface area (TPSA) is 105 Å². The lowest BCUT2D eigenvalue weighted by molar-refractivity contribution is -0.384. The number of hydrogen-bond acceptors (Lipinski definition) is 5. The van der Waals surface area contributed by atoms with E-state index in [2.05, 4.69) is 10.6 Å². The molecule has 2 saturated heterocycles. The summed E-state index contributed by atoms with van der Waals surface area (Å²) in [6.07, 6.45) is 3.55. The minimum atomic E-state index is -0.509. The van der Waals surface area contributed by atoms with E-state index in [9.17, 15) is 19.7 Å². The van der Waals surface area contributed by atoms with Crippen LogP contribution in [0, 0.1) is 15.5 Å². The quantitative estimate of drug-likeness (QED) is 0.609. The largest absolute Gasteiger partial charge is 0.352 e. The van der Waals surface area contributed by atoms with Gasteiger partial charge >= 0.3 is 0 Å². The van der Waals surface area contributed by atoms with Crippen molar-refractivity contribution in [1.82, 2.24) is 15.5 Å². The number of carbonyl (C=O) groups is 2. The summed E-state index contributed by atoms with van der Waals surface area (Å²) >= 11 is 0. The van der Waals surface area contributed by atoms with Crippen molar-refractivity contribution in [2.45, 2.75) is 25.7 Å². The van der Waals surface area contributed by atoms with E-state index in [0.29, 0.717) is 11.0 Å². The van der Waals surface area contributed by atoms with Gasteiger partial charge in [-0.1, -0.05) is 0 Å². The smallest absolute Gasteiger partial charge is 0.269 e. The maximum Gasteiger partial charge on any atom is 0.269 e. The zero-order valence-corrected chi connectivity index (χ0v) is 14.7. The molecule has 2 amide bonds. The molecule has 2 aliphatic rings. The lowest BCUT2D eigenvalue weighted by Gasteiger charge is -2.39. The van der Waals surface area contributed by atoms with Crippen LogP contribution < -0.4 is 10.6 Å². The number of hydrogen-bond donors (Lipinski definition) is 2. The number of nitrogens with zero attached hydrogens (tertiary/aromatic N) is 2. The molecule has 0 atom stereocenters. The predicted octanol–water partition coefficient (Wildman–Crippen LogP) is 1.32. The average molecular weight is 360 g/mol. The Bertz CT molecular complexity index is 673. The van der Waals surface area contributed by atoms with Gasteiger partial charge in [0.2, 0.25) is 5.91 Å². The van der Waals surface area contributed by atoms with Gasteiger partial charge in [-0.25, -0.2) is 0 Å².